The molecule has 146 valence electrons. The summed E-state index contributed by atoms with van der Waals surface area (Å²) in [5.74, 6) is -0.897. The number of nitrogens with zero attached hydrogens (tertiary/aromatic N) is 2. The summed E-state index contributed by atoms with van der Waals surface area (Å²) >= 11 is 0. The van der Waals surface area contributed by atoms with Gasteiger partial charge in [-0.2, -0.15) is 5.01 Å². The molecule has 0 spiro atoms. The first kappa shape index (κ1) is 19.4. The van der Waals surface area contributed by atoms with E-state index in [2.05, 4.69) is 10.7 Å². The number of carbonyl (C=O) groups is 3. The number of amides is 4. The molecule has 1 aliphatic heterocycles. The van der Waals surface area contributed by atoms with Gasteiger partial charge in [-0.05, 0) is 37.5 Å². The highest BCUT2D eigenvalue weighted by Crippen LogP contribution is 2.22. The van der Waals surface area contributed by atoms with E-state index in [1.165, 1.54) is 0 Å². The van der Waals surface area contributed by atoms with Gasteiger partial charge in [0.2, 0.25) is 0 Å². The van der Waals surface area contributed by atoms with Crippen LogP contribution in [-0.4, -0.2) is 42.0 Å². The van der Waals surface area contributed by atoms with Crippen LogP contribution in [0.1, 0.15) is 18.9 Å². The third kappa shape index (κ3) is 4.31. The van der Waals surface area contributed by atoms with Crippen LogP contribution in [0, 0.1) is 0 Å². The van der Waals surface area contributed by atoms with Crippen LogP contribution in [0.5, 0.6) is 0 Å². The van der Waals surface area contributed by atoms with Crippen molar-refractivity contribution < 1.29 is 14.4 Å². The zero-order chi connectivity index (χ0) is 20.1. The largest absolute Gasteiger partial charge is 0.365 e. The van der Waals surface area contributed by atoms with E-state index >= 15 is 0 Å². The summed E-state index contributed by atoms with van der Waals surface area (Å²) < 4.78 is 0. The van der Waals surface area contributed by atoms with E-state index in [0.717, 1.165) is 16.3 Å². The van der Waals surface area contributed by atoms with Crippen LogP contribution in [-0.2, 0) is 16.0 Å². The molecule has 1 atom stereocenters. The molecule has 1 saturated heterocycles. The van der Waals surface area contributed by atoms with Crippen LogP contribution in [0.4, 0.5) is 10.5 Å². The highest BCUT2D eigenvalue weighted by molar-refractivity contribution is 6.07. The second-order valence-corrected chi connectivity index (χ2v) is 7.12. The molecule has 0 saturated carbocycles. The Labute approximate surface area is 164 Å². The van der Waals surface area contributed by atoms with Crippen LogP contribution >= 0.6 is 0 Å². The maximum Gasteiger partial charge on any atom is 0.344 e. The summed E-state index contributed by atoms with van der Waals surface area (Å²) in [6, 6.07) is 18.5. The highest BCUT2D eigenvalue weighted by Gasteiger charge is 2.48. The fourth-order valence-electron chi connectivity index (χ4n) is 3.14. The fraction of sp³-hybridized carbons (Fsp3) is 0.286. The number of likely N-dealkylation sites (N-methyl/N-ethyl adjacent to an activating group) is 1. The molecular weight excluding hydrogens is 356 g/mol. The molecule has 28 heavy (non-hydrogen) atoms. The zero-order valence-electron chi connectivity index (χ0n) is 16.0. The van der Waals surface area contributed by atoms with Crippen molar-refractivity contribution in [2.45, 2.75) is 25.3 Å². The number of hydrogen-bond acceptors (Lipinski definition) is 4. The van der Waals surface area contributed by atoms with Crippen molar-refractivity contribution in [2.24, 2.45) is 0 Å². The Bertz CT molecular complexity index is 856. The molecule has 2 aromatic rings. The maximum atomic E-state index is 12.8. The number of nitrogens with one attached hydrogen (secondary N) is 2. The first-order valence-corrected chi connectivity index (χ1v) is 9.15. The van der Waals surface area contributed by atoms with Gasteiger partial charge in [0.15, 0.2) is 0 Å². The van der Waals surface area contributed by atoms with E-state index < -0.39 is 23.4 Å². The molecule has 1 aliphatic rings. The van der Waals surface area contributed by atoms with Crippen LogP contribution in [0.3, 0.4) is 0 Å². The van der Waals surface area contributed by atoms with Gasteiger partial charge < -0.3 is 10.2 Å². The van der Waals surface area contributed by atoms with Crippen molar-refractivity contribution in [3.63, 3.8) is 0 Å². The monoisotopic (exact) mass is 380 g/mol. The number of anilines is 1. The summed E-state index contributed by atoms with van der Waals surface area (Å²) in [4.78, 5) is 39.1. The topological polar surface area (TPSA) is 81.8 Å². The lowest BCUT2D eigenvalue weighted by atomic mass is 9.93. The van der Waals surface area contributed by atoms with Gasteiger partial charge in [0.25, 0.3) is 11.8 Å². The predicted molar refractivity (Wildman–Crippen MR) is 106 cm³/mol. The lowest BCUT2D eigenvalue weighted by molar-refractivity contribution is -0.138. The summed E-state index contributed by atoms with van der Waals surface area (Å²) in [7, 11) is 1.77. The molecule has 0 radical (unpaired) electrons. The fourth-order valence-corrected chi connectivity index (χ4v) is 3.14. The molecular formula is C21H24N4O3. The Hall–Kier alpha value is -3.35. The molecule has 1 heterocycles. The summed E-state index contributed by atoms with van der Waals surface area (Å²) in [5.41, 5.74) is 3.32. The van der Waals surface area contributed by atoms with Gasteiger partial charge in [0.1, 0.15) is 5.54 Å². The number of carbonyl (C=O) groups excluding carboxylic acids is 3. The summed E-state index contributed by atoms with van der Waals surface area (Å²) in [6.07, 6.45) is 1.08. The molecule has 2 aromatic carbocycles. The van der Waals surface area contributed by atoms with Crippen molar-refractivity contribution in [2.75, 3.05) is 18.5 Å². The highest BCUT2D eigenvalue weighted by atomic mass is 16.2. The van der Waals surface area contributed by atoms with E-state index in [1.807, 2.05) is 60.7 Å². The Kier molecular flexibility index (Phi) is 5.63. The van der Waals surface area contributed by atoms with Crippen molar-refractivity contribution in [1.29, 1.82) is 0 Å². The van der Waals surface area contributed by atoms with E-state index in [-0.39, 0.29) is 6.54 Å². The van der Waals surface area contributed by atoms with Gasteiger partial charge >= 0.3 is 6.03 Å². The number of imide groups is 1. The van der Waals surface area contributed by atoms with Gasteiger partial charge in [0, 0.05) is 12.7 Å². The molecule has 4 amide bonds. The van der Waals surface area contributed by atoms with Crippen molar-refractivity contribution >= 4 is 23.5 Å². The van der Waals surface area contributed by atoms with Gasteiger partial charge in [-0.3, -0.25) is 15.0 Å². The maximum absolute atomic E-state index is 12.8. The van der Waals surface area contributed by atoms with Gasteiger partial charge in [-0.15, -0.1) is 0 Å². The van der Waals surface area contributed by atoms with E-state index in [9.17, 15) is 14.4 Å². The number of hydrogen-bond donors (Lipinski definition) is 2. The number of aryl methyl sites for hydroxylation is 1. The van der Waals surface area contributed by atoms with Crippen molar-refractivity contribution in [3.05, 3.63) is 66.2 Å². The summed E-state index contributed by atoms with van der Waals surface area (Å²) in [5, 5.41) is 3.48. The number of rotatable bonds is 7. The average molecular weight is 380 g/mol. The Balaban J connectivity index is 1.59. The molecule has 3 rings (SSSR count). The summed E-state index contributed by atoms with van der Waals surface area (Å²) in [6.45, 7) is 1.69. The van der Waals surface area contributed by atoms with Gasteiger partial charge in [0.05, 0.1) is 6.54 Å². The van der Waals surface area contributed by atoms with Crippen molar-refractivity contribution in [3.8, 4) is 0 Å². The normalized spacial score (nSPS) is 18.7. The predicted octanol–water partition coefficient (Wildman–Crippen LogP) is 2.10. The van der Waals surface area contributed by atoms with Crippen molar-refractivity contribution in [1.82, 2.24) is 15.8 Å². The van der Waals surface area contributed by atoms with E-state index in [4.69, 9.17) is 0 Å². The zero-order valence-corrected chi connectivity index (χ0v) is 16.0. The average Bonchev–Trinajstić information content (AvgIpc) is 2.91. The Morgan fingerprint density at radius 3 is 2.32 bits per heavy atom. The smallest absolute Gasteiger partial charge is 0.344 e. The third-order valence-electron chi connectivity index (χ3n) is 4.83. The van der Waals surface area contributed by atoms with E-state index in [0.29, 0.717) is 12.8 Å². The van der Waals surface area contributed by atoms with Crippen LogP contribution in [0.15, 0.2) is 60.7 Å². The van der Waals surface area contributed by atoms with Gasteiger partial charge in [-0.25, -0.2) is 4.79 Å². The number of para-hydroxylation sites is 1. The molecule has 1 unspecified atom stereocenters. The second kappa shape index (κ2) is 8.12. The number of benzene rings is 2. The Morgan fingerprint density at radius 2 is 1.68 bits per heavy atom. The molecule has 7 nitrogen and oxygen atoms in total. The van der Waals surface area contributed by atoms with E-state index in [1.54, 1.807) is 18.9 Å². The lowest BCUT2D eigenvalue weighted by Crippen LogP contribution is -2.51. The minimum atomic E-state index is -1.05. The minimum Gasteiger partial charge on any atom is -0.365 e. The van der Waals surface area contributed by atoms with Crippen LogP contribution < -0.4 is 15.6 Å². The van der Waals surface area contributed by atoms with Crippen LogP contribution in [0.25, 0.3) is 0 Å². The third-order valence-corrected chi connectivity index (χ3v) is 4.83. The lowest BCUT2D eigenvalue weighted by Gasteiger charge is -2.23. The standard InChI is InChI=1S/C21H24N4O3/c1-21(14-13-16-9-5-3-6-10-16)19(27)25(20(28)22-21)23-18(26)15-24(2)17-11-7-4-8-12-17/h3-12H,13-15H2,1-2H3,(H,22,28)(H,23,26). The number of hydrazine groups is 1. The SMILES string of the molecule is CN(CC(=O)NN1C(=O)NC(C)(CCc2ccccc2)C1=O)c1ccccc1. The molecule has 0 aromatic heterocycles. The number of urea groups is 1. The molecule has 2 N–H and O–H groups in total. The Morgan fingerprint density at radius 1 is 1.07 bits per heavy atom. The van der Waals surface area contributed by atoms with Gasteiger partial charge in [-0.1, -0.05) is 48.5 Å². The molecule has 0 bridgehead atoms. The first-order chi connectivity index (χ1) is 13.4. The first-order valence-electron chi connectivity index (χ1n) is 9.15. The quantitative estimate of drug-likeness (QED) is 0.721. The second-order valence-electron chi connectivity index (χ2n) is 7.12. The molecule has 1 fully saturated rings. The minimum absolute atomic E-state index is 0.0157. The molecule has 7 heteroatoms. The van der Waals surface area contributed by atoms with Crippen LogP contribution in [0.2, 0.25) is 0 Å². The molecule has 0 aliphatic carbocycles.